The minimum absolute atomic E-state index is 0.00437. The van der Waals surface area contributed by atoms with E-state index in [4.69, 9.17) is 14.2 Å². The van der Waals surface area contributed by atoms with Crippen LogP contribution in [0.3, 0.4) is 0 Å². The molecule has 1 aliphatic heterocycles. The summed E-state index contributed by atoms with van der Waals surface area (Å²) >= 11 is 0. The van der Waals surface area contributed by atoms with E-state index in [2.05, 4.69) is 10.6 Å². The second kappa shape index (κ2) is 9.60. The van der Waals surface area contributed by atoms with Crippen LogP contribution in [-0.2, 0) is 28.9 Å². The van der Waals surface area contributed by atoms with E-state index in [9.17, 15) is 18.0 Å². The molecule has 1 aromatic heterocycles. The van der Waals surface area contributed by atoms with Crippen molar-refractivity contribution in [3.05, 3.63) is 59.3 Å². The molecule has 4 rings (SSSR count). The van der Waals surface area contributed by atoms with Crippen LogP contribution in [0.25, 0.3) is 10.9 Å². The van der Waals surface area contributed by atoms with Gasteiger partial charge in [0.2, 0.25) is 0 Å². The summed E-state index contributed by atoms with van der Waals surface area (Å²) in [6.45, 7) is 6.36. The zero-order valence-corrected chi connectivity index (χ0v) is 19.4. The zero-order valence-electron chi connectivity index (χ0n) is 19.4. The van der Waals surface area contributed by atoms with Gasteiger partial charge in [0.05, 0.1) is 24.7 Å². The lowest BCUT2D eigenvalue weighted by Gasteiger charge is -2.17. The molecule has 0 aliphatic carbocycles. The van der Waals surface area contributed by atoms with E-state index in [1.807, 2.05) is 18.2 Å². The Morgan fingerprint density at radius 2 is 1.94 bits per heavy atom. The minimum atomic E-state index is -4.52. The standard InChI is InChI=1S/C26H28F3NO4/c1-4-32-25(31)14-18-9-10-30-22-7-6-20(12-19(22)13-23(18)30)33-15-17-5-8-24(34-16(2)3)21(11-17)26(27,28)29/h5-8,11-13,16,18H,4,9-10,14-15H2,1-3H3. The maximum absolute atomic E-state index is 13.5. The molecule has 0 spiro atoms. The monoisotopic (exact) mass is 475 g/mol. The number of rotatable bonds is 8. The van der Waals surface area contributed by atoms with Crippen molar-refractivity contribution in [3.8, 4) is 11.5 Å². The first-order chi connectivity index (χ1) is 16.2. The van der Waals surface area contributed by atoms with Gasteiger partial charge >= 0.3 is 12.1 Å². The van der Waals surface area contributed by atoms with Crippen LogP contribution in [0.2, 0.25) is 0 Å². The summed E-state index contributed by atoms with van der Waals surface area (Å²) in [7, 11) is 0. The van der Waals surface area contributed by atoms with Crippen molar-refractivity contribution in [2.45, 2.75) is 65.0 Å². The largest absolute Gasteiger partial charge is 0.490 e. The number of fused-ring (bicyclic) bond motifs is 3. The van der Waals surface area contributed by atoms with E-state index >= 15 is 0 Å². The molecule has 8 heteroatoms. The van der Waals surface area contributed by atoms with Gasteiger partial charge in [0.25, 0.3) is 0 Å². The van der Waals surface area contributed by atoms with Crippen LogP contribution in [0.1, 0.15) is 56.4 Å². The normalized spacial score (nSPS) is 15.6. The van der Waals surface area contributed by atoms with Crippen LogP contribution >= 0.6 is 0 Å². The third-order valence-electron chi connectivity index (χ3n) is 5.86. The summed E-state index contributed by atoms with van der Waals surface area (Å²) in [6.07, 6.45) is -3.64. The van der Waals surface area contributed by atoms with Gasteiger partial charge in [-0.05, 0) is 69.2 Å². The molecular formula is C26H28F3NO4. The highest BCUT2D eigenvalue weighted by molar-refractivity contribution is 5.84. The Hall–Kier alpha value is -3.16. The first-order valence-corrected chi connectivity index (χ1v) is 11.4. The number of nitrogens with zero attached hydrogens (tertiary/aromatic N) is 1. The smallest absolute Gasteiger partial charge is 0.419 e. The van der Waals surface area contributed by atoms with Crippen molar-refractivity contribution in [2.24, 2.45) is 0 Å². The van der Waals surface area contributed by atoms with Crippen LogP contribution < -0.4 is 9.47 Å². The average molecular weight is 476 g/mol. The lowest BCUT2D eigenvalue weighted by molar-refractivity contribution is -0.143. The second-order valence-electron chi connectivity index (χ2n) is 8.72. The number of aryl methyl sites for hydroxylation is 1. The minimum Gasteiger partial charge on any atom is -0.490 e. The molecule has 1 atom stereocenters. The van der Waals surface area contributed by atoms with Crippen LogP contribution in [0.4, 0.5) is 13.2 Å². The molecule has 0 saturated heterocycles. The summed E-state index contributed by atoms with van der Waals surface area (Å²) in [4.78, 5) is 11.9. The summed E-state index contributed by atoms with van der Waals surface area (Å²) in [5, 5.41) is 0.970. The molecule has 182 valence electrons. The van der Waals surface area contributed by atoms with E-state index in [0.29, 0.717) is 24.3 Å². The molecule has 0 radical (unpaired) electrons. The first kappa shape index (κ1) is 24.0. The van der Waals surface area contributed by atoms with Crippen LogP contribution in [-0.4, -0.2) is 23.2 Å². The fraction of sp³-hybridized carbons (Fsp3) is 0.423. The molecule has 0 amide bonds. The van der Waals surface area contributed by atoms with E-state index < -0.39 is 11.7 Å². The van der Waals surface area contributed by atoms with Gasteiger partial charge in [-0.15, -0.1) is 0 Å². The summed E-state index contributed by atoms with van der Waals surface area (Å²) in [5.41, 5.74) is 1.73. The molecule has 2 heterocycles. The highest BCUT2D eigenvalue weighted by atomic mass is 19.4. The van der Waals surface area contributed by atoms with E-state index in [-0.39, 0.29) is 30.3 Å². The van der Waals surface area contributed by atoms with Gasteiger partial charge in [-0.3, -0.25) is 4.79 Å². The molecule has 0 fully saturated rings. The van der Waals surface area contributed by atoms with Gasteiger partial charge in [0.1, 0.15) is 18.1 Å². The number of benzene rings is 2. The van der Waals surface area contributed by atoms with Gasteiger partial charge in [-0.25, -0.2) is 0 Å². The quantitative estimate of drug-likeness (QED) is 0.351. The van der Waals surface area contributed by atoms with Crippen LogP contribution in [0, 0.1) is 0 Å². The van der Waals surface area contributed by atoms with Crippen molar-refractivity contribution in [1.29, 1.82) is 0 Å². The first-order valence-electron chi connectivity index (χ1n) is 11.4. The predicted octanol–water partition coefficient (Wildman–Crippen LogP) is 6.47. The summed E-state index contributed by atoms with van der Waals surface area (Å²) in [6, 6.07) is 11.7. The summed E-state index contributed by atoms with van der Waals surface area (Å²) in [5.74, 6) is 0.296. The van der Waals surface area contributed by atoms with Crippen LogP contribution in [0.5, 0.6) is 11.5 Å². The number of esters is 1. The molecule has 0 N–H and O–H groups in total. The van der Waals surface area contributed by atoms with Crippen molar-refractivity contribution < 1.29 is 32.2 Å². The van der Waals surface area contributed by atoms with E-state index in [1.54, 1.807) is 26.8 Å². The fourth-order valence-electron chi connectivity index (χ4n) is 4.42. The Morgan fingerprint density at radius 1 is 1.15 bits per heavy atom. The Kier molecular flexibility index (Phi) is 6.77. The van der Waals surface area contributed by atoms with Crippen molar-refractivity contribution >= 4 is 16.9 Å². The van der Waals surface area contributed by atoms with Gasteiger partial charge in [0, 0.05) is 29.1 Å². The van der Waals surface area contributed by atoms with Crippen molar-refractivity contribution in [2.75, 3.05) is 6.61 Å². The van der Waals surface area contributed by atoms with Crippen molar-refractivity contribution in [1.82, 2.24) is 4.57 Å². The average Bonchev–Trinajstić information content (AvgIpc) is 3.31. The highest BCUT2D eigenvalue weighted by Gasteiger charge is 2.35. The number of aromatic nitrogens is 1. The zero-order chi connectivity index (χ0) is 24.5. The molecule has 3 aromatic rings. The van der Waals surface area contributed by atoms with E-state index in [1.165, 1.54) is 6.07 Å². The Labute approximate surface area is 196 Å². The number of ether oxygens (including phenoxy) is 3. The number of carbonyl (C=O) groups excluding carboxylic acids is 1. The highest BCUT2D eigenvalue weighted by Crippen LogP contribution is 2.39. The third-order valence-corrected chi connectivity index (χ3v) is 5.86. The lowest BCUT2D eigenvalue weighted by Crippen LogP contribution is -2.13. The van der Waals surface area contributed by atoms with Crippen molar-refractivity contribution in [3.63, 3.8) is 0 Å². The maximum atomic E-state index is 13.5. The molecule has 0 saturated carbocycles. The SMILES string of the molecule is CCOC(=O)CC1CCn2c1cc1cc(OCc3ccc(OC(C)C)c(C(F)(F)F)c3)ccc12. The molecule has 1 aliphatic rings. The molecular weight excluding hydrogens is 447 g/mol. The number of halogens is 3. The number of alkyl halides is 3. The van der Waals surface area contributed by atoms with Gasteiger partial charge in [-0.1, -0.05) is 6.07 Å². The third kappa shape index (κ3) is 5.16. The predicted molar refractivity (Wildman–Crippen MR) is 122 cm³/mol. The Morgan fingerprint density at radius 3 is 2.65 bits per heavy atom. The lowest BCUT2D eigenvalue weighted by atomic mass is 10.0. The summed E-state index contributed by atoms with van der Waals surface area (Å²) < 4.78 is 58.9. The molecule has 0 bridgehead atoms. The maximum Gasteiger partial charge on any atom is 0.419 e. The Bertz CT molecular complexity index is 1180. The van der Waals surface area contributed by atoms with Gasteiger partial charge < -0.3 is 18.8 Å². The van der Waals surface area contributed by atoms with Gasteiger partial charge in [-0.2, -0.15) is 13.2 Å². The molecule has 34 heavy (non-hydrogen) atoms. The second-order valence-corrected chi connectivity index (χ2v) is 8.72. The van der Waals surface area contributed by atoms with Crippen LogP contribution in [0.15, 0.2) is 42.5 Å². The molecule has 1 unspecified atom stereocenters. The number of hydrogen-bond donors (Lipinski definition) is 0. The molecule has 5 nitrogen and oxygen atoms in total. The number of carbonyl (C=O) groups is 1. The Balaban J connectivity index is 1.50. The van der Waals surface area contributed by atoms with Gasteiger partial charge in [0.15, 0.2) is 0 Å². The topological polar surface area (TPSA) is 49.7 Å². The number of hydrogen-bond acceptors (Lipinski definition) is 4. The molecule has 2 aromatic carbocycles. The fourth-order valence-corrected chi connectivity index (χ4v) is 4.42. The van der Waals surface area contributed by atoms with E-state index in [0.717, 1.165) is 35.6 Å².